The van der Waals surface area contributed by atoms with E-state index in [1.54, 1.807) is 0 Å². The smallest absolute Gasteiger partial charge is 0.246 e. The number of hydrogen-bond acceptors (Lipinski definition) is 4. The first-order chi connectivity index (χ1) is 9.36. The lowest BCUT2D eigenvalue weighted by atomic mass is 10.00. The highest BCUT2D eigenvalue weighted by molar-refractivity contribution is 7.89. The molecule has 0 saturated carbocycles. The molecule has 20 heavy (non-hydrogen) atoms. The first-order valence-electron chi connectivity index (χ1n) is 6.21. The largest absolute Gasteiger partial charge is 0.399 e. The fourth-order valence-corrected chi connectivity index (χ4v) is 4.12. The second kappa shape index (κ2) is 5.85. The molecule has 0 unspecified atom stereocenters. The molecule has 0 bridgehead atoms. The zero-order valence-corrected chi connectivity index (χ0v) is 12.3. The SMILES string of the molecule is Nc1cc(Cl)c(F)c(S(=O)(=O)N2CCC(CO)CC2)c1. The van der Waals surface area contributed by atoms with Gasteiger partial charge in [0.15, 0.2) is 5.82 Å². The molecule has 0 atom stereocenters. The Hall–Kier alpha value is -0.890. The van der Waals surface area contributed by atoms with E-state index < -0.39 is 20.7 Å². The standard InChI is InChI=1S/C12H16ClFN2O3S/c13-10-5-9(15)6-11(12(10)14)20(18,19)16-3-1-8(7-17)2-4-16/h5-6,8,17H,1-4,7,15H2. The van der Waals surface area contributed by atoms with Gasteiger partial charge in [0.1, 0.15) is 4.90 Å². The molecule has 0 spiro atoms. The molecular formula is C12H16ClFN2O3S. The van der Waals surface area contributed by atoms with Crippen molar-refractivity contribution in [3.63, 3.8) is 0 Å². The van der Waals surface area contributed by atoms with E-state index in [-0.39, 0.29) is 36.3 Å². The second-order valence-electron chi connectivity index (χ2n) is 4.84. The number of piperidine rings is 1. The molecule has 1 aliphatic heterocycles. The summed E-state index contributed by atoms with van der Waals surface area (Å²) in [6.07, 6.45) is 1.10. The highest BCUT2D eigenvalue weighted by Crippen LogP contribution is 2.30. The molecule has 0 amide bonds. The van der Waals surface area contributed by atoms with Gasteiger partial charge in [-0.1, -0.05) is 11.6 Å². The number of anilines is 1. The number of nitrogens with zero attached hydrogens (tertiary/aromatic N) is 1. The molecule has 2 rings (SSSR count). The predicted molar refractivity (Wildman–Crippen MR) is 74.4 cm³/mol. The Morgan fingerprint density at radius 1 is 1.40 bits per heavy atom. The molecule has 0 aromatic heterocycles. The van der Waals surface area contributed by atoms with Crippen molar-refractivity contribution >= 4 is 27.3 Å². The van der Waals surface area contributed by atoms with E-state index >= 15 is 0 Å². The van der Waals surface area contributed by atoms with Gasteiger partial charge < -0.3 is 10.8 Å². The third-order valence-electron chi connectivity index (χ3n) is 3.47. The number of halogens is 2. The van der Waals surface area contributed by atoms with Gasteiger partial charge in [-0.25, -0.2) is 12.8 Å². The summed E-state index contributed by atoms with van der Waals surface area (Å²) in [5.41, 5.74) is 5.63. The van der Waals surface area contributed by atoms with Gasteiger partial charge in [-0.2, -0.15) is 4.31 Å². The van der Waals surface area contributed by atoms with Crippen LogP contribution in [0.1, 0.15) is 12.8 Å². The van der Waals surface area contributed by atoms with Gasteiger partial charge in [0.2, 0.25) is 10.0 Å². The highest BCUT2D eigenvalue weighted by atomic mass is 35.5. The molecule has 1 saturated heterocycles. The second-order valence-corrected chi connectivity index (χ2v) is 7.16. The van der Waals surface area contributed by atoms with Gasteiger partial charge >= 0.3 is 0 Å². The first kappa shape index (κ1) is 15.5. The number of nitrogens with two attached hydrogens (primary N) is 1. The van der Waals surface area contributed by atoms with Crippen LogP contribution in [0.5, 0.6) is 0 Å². The maximum atomic E-state index is 13.9. The van der Waals surface area contributed by atoms with Crippen LogP contribution < -0.4 is 5.73 Å². The lowest BCUT2D eigenvalue weighted by molar-refractivity contribution is 0.170. The van der Waals surface area contributed by atoms with Crippen molar-refractivity contribution in [1.29, 1.82) is 0 Å². The summed E-state index contributed by atoms with van der Waals surface area (Å²) in [6, 6.07) is 2.25. The van der Waals surface area contributed by atoms with Crippen molar-refractivity contribution in [3.8, 4) is 0 Å². The Kier molecular flexibility index (Phi) is 4.53. The number of sulfonamides is 1. The Morgan fingerprint density at radius 2 is 2.00 bits per heavy atom. The zero-order valence-electron chi connectivity index (χ0n) is 10.7. The van der Waals surface area contributed by atoms with Crippen LogP contribution in [0.4, 0.5) is 10.1 Å². The zero-order chi connectivity index (χ0) is 14.9. The Morgan fingerprint density at radius 3 is 2.55 bits per heavy atom. The monoisotopic (exact) mass is 322 g/mol. The number of nitrogen functional groups attached to an aromatic ring is 1. The molecule has 1 aromatic carbocycles. The van der Waals surface area contributed by atoms with E-state index in [1.807, 2.05) is 0 Å². The van der Waals surface area contributed by atoms with Crippen molar-refractivity contribution in [2.45, 2.75) is 17.7 Å². The van der Waals surface area contributed by atoms with Crippen molar-refractivity contribution in [2.24, 2.45) is 5.92 Å². The normalized spacial score (nSPS) is 18.4. The fraction of sp³-hybridized carbons (Fsp3) is 0.500. The van der Waals surface area contributed by atoms with Crippen molar-refractivity contribution in [1.82, 2.24) is 4.31 Å². The number of aliphatic hydroxyl groups is 1. The lowest BCUT2D eigenvalue weighted by Gasteiger charge is -2.30. The van der Waals surface area contributed by atoms with E-state index in [9.17, 15) is 12.8 Å². The first-order valence-corrected chi connectivity index (χ1v) is 8.03. The van der Waals surface area contributed by atoms with Gasteiger partial charge in [0, 0.05) is 25.4 Å². The van der Waals surface area contributed by atoms with Crippen LogP contribution in [0, 0.1) is 11.7 Å². The van der Waals surface area contributed by atoms with E-state index in [2.05, 4.69) is 0 Å². The summed E-state index contributed by atoms with van der Waals surface area (Å²) >= 11 is 5.64. The maximum absolute atomic E-state index is 13.9. The van der Waals surface area contributed by atoms with Crippen LogP contribution in [-0.4, -0.2) is 37.5 Å². The quantitative estimate of drug-likeness (QED) is 0.825. The Bertz CT molecular complexity index is 601. The molecule has 1 heterocycles. The van der Waals surface area contributed by atoms with E-state index in [1.165, 1.54) is 10.4 Å². The van der Waals surface area contributed by atoms with Gasteiger partial charge in [-0.05, 0) is 30.9 Å². The van der Waals surface area contributed by atoms with Crippen molar-refractivity contribution < 1.29 is 17.9 Å². The molecule has 8 heteroatoms. The third kappa shape index (κ3) is 2.90. The average Bonchev–Trinajstić information content (AvgIpc) is 2.42. The molecule has 1 fully saturated rings. The van der Waals surface area contributed by atoms with Crippen LogP contribution in [0.15, 0.2) is 17.0 Å². The van der Waals surface area contributed by atoms with Crippen LogP contribution in [-0.2, 0) is 10.0 Å². The minimum absolute atomic E-state index is 0.0341. The topological polar surface area (TPSA) is 83.6 Å². The number of aliphatic hydroxyl groups excluding tert-OH is 1. The van der Waals surface area contributed by atoms with Gasteiger partial charge in [-0.15, -0.1) is 0 Å². The van der Waals surface area contributed by atoms with Crippen LogP contribution in [0.2, 0.25) is 5.02 Å². The minimum atomic E-state index is -3.96. The molecule has 1 aromatic rings. The Labute approximate surface area is 122 Å². The van der Waals surface area contributed by atoms with Gasteiger partial charge in [-0.3, -0.25) is 0 Å². The Balaban J connectivity index is 2.32. The summed E-state index contributed by atoms with van der Waals surface area (Å²) in [7, 11) is -3.96. The van der Waals surface area contributed by atoms with Crippen LogP contribution in [0.3, 0.4) is 0 Å². The fourth-order valence-electron chi connectivity index (χ4n) is 2.24. The lowest BCUT2D eigenvalue weighted by Crippen LogP contribution is -2.39. The summed E-state index contributed by atoms with van der Waals surface area (Å²) in [6.45, 7) is 0.533. The maximum Gasteiger partial charge on any atom is 0.246 e. The molecule has 1 aliphatic rings. The summed E-state index contributed by atoms with van der Waals surface area (Å²) in [5.74, 6) is -0.888. The number of hydrogen-bond donors (Lipinski definition) is 2. The van der Waals surface area contributed by atoms with E-state index in [4.69, 9.17) is 22.4 Å². The number of rotatable bonds is 3. The molecule has 5 nitrogen and oxygen atoms in total. The van der Waals surface area contributed by atoms with Crippen molar-refractivity contribution in [3.05, 3.63) is 23.0 Å². The predicted octanol–water partition coefficient (Wildman–Crippen LogP) is 1.45. The van der Waals surface area contributed by atoms with E-state index in [0.29, 0.717) is 12.8 Å². The van der Waals surface area contributed by atoms with Crippen LogP contribution >= 0.6 is 11.6 Å². The van der Waals surface area contributed by atoms with Crippen LogP contribution in [0.25, 0.3) is 0 Å². The molecule has 3 N–H and O–H groups in total. The van der Waals surface area contributed by atoms with Crippen molar-refractivity contribution in [2.75, 3.05) is 25.4 Å². The van der Waals surface area contributed by atoms with E-state index in [0.717, 1.165) is 6.07 Å². The molecular weight excluding hydrogens is 307 g/mol. The highest BCUT2D eigenvalue weighted by Gasteiger charge is 2.32. The summed E-state index contributed by atoms with van der Waals surface area (Å²) in [5, 5.41) is 8.74. The molecule has 0 aliphatic carbocycles. The minimum Gasteiger partial charge on any atom is -0.399 e. The summed E-state index contributed by atoms with van der Waals surface area (Å²) in [4.78, 5) is -0.495. The summed E-state index contributed by atoms with van der Waals surface area (Å²) < 4.78 is 40.0. The van der Waals surface area contributed by atoms with Gasteiger partial charge in [0.05, 0.1) is 5.02 Å². The van der Waals surface area contributed by atoms with Gasteiger partial charge in [0.25, 0.3) is 0 Å². The molecule has 112 valence electrons. The number of benzene rings is 1. The third-order valence-corrected chi connectivity index (χ3v) is 5.64. The average molecular weight is 323 g/mol. The molecule has 0 radical (unpaired) electrons.